The molecule has 116 valence electrons. The smallest absolute Gasteiger partial charge is 0.322 e. The van der Waals surface area contributed by atoms with Crippen LogP contribution in [0.4, 0.5) is 0 Å². The van der Waals surface area contributed by atoms with Gasteiger partial charge in [-0.1, -0.05) is 0 Å². The molecule has 1 fully saturated rings. The fraction of sp³-hybridized carbons (Fsp3) is 0.778. The summed E-state index contributed by atoms with van der Waals surface area (Å²) in [4.78, 5) is 21.3. The highest BCUT2D eigenvalue weighted by Gasteiger charge is 2.36. The van der Waals surface area contributed by atoms with Gasteiger partial charge in [-0.15, -0.1) is 0 Å². The van der Waals surface area contributed by atoms with Crippen molar-refractivity contribution in [1.29, 1.82) is 0 Å². The van der Waals surface area contributed by atoms with E-state index in [4.69, 9.17) is 10.2 Å². The number of aliphatic carboxylic acids is 2. The Balaban J connectivity index is 2.78. The largest absolute Gasteiger partial charge is 0.481 e. The highest BCUT2D eigenvalue weighted by molar-refractivity contribution is 7.92. The van der Waals surface area contributed by atoms with Crippen LogP contribution in [0.5, 0.6) is 0 Å². The Morgan fingerprint density at radius 3 is 2.10 bits per heavy atom. The predicted molar refractivity (Wildman–Crippen MR) is 67.4 cm³/mol. The van der Waals surface area contributed by atoms with Gasteiger partial charge in [0.2, 0.25) is 10.0 Å². The fourth-order valence-electron chi connectivity index (χ4n) is 1.83. The molecule has 0 saturated carbocycles. The first-order chi connectivity index (χ1) is 9.03. The van der Waals surface area contributed by atoms with Crippen LogP contribution in [0.3, 0.4) is 0 Å². The summed E-state index contributed by atoms with van der Waals surface area (Å²) in [7, 11) is -7.32. The van der Waals surface area contributed by atoms with Crippen LogP contribution < -0.4 is 4.72 Å². The Hall–Kier alpha value is -1.20. The lowest BCUT2D eigenvalue weighted by molar-refractivity contribution is -0.145. The summed E-state index contributed by atoms with van der Waals surface area (Å²) in [5, 5.41) is 16.3. The van der Waals surface area contributed by atoms with Gasteiger partial charge in [-0.05, 0) is 12.8 Å². The number of carboxylic acid groups (broad SMARTS) is 2. The van der Waals surface area contributed by atoms with Crippen molar-refractivity contribution in [1.82, 2.24) is 4.72 Å². The molecule has 1 saturated heterocycles. The second-order valence-corrected chi connectivity index (χ2v) is 8.80. The summed E-state index contributed by atoms with van der Waals surface area (Å²) < 4.78 is 48.1. The van der Waals surface area contributed by atoms with Crippen LogP contribution in [0.15, 0.2) is 0 Å². The molecule has 1 atom stereocenters. The topological polar surface area (TPSA) is 155 Å². The van der Waals surface area contributed by atoms with E-state index in [9.17, 15) is 26.4 Å². The number of sulfonamides is 1. The summed E-state index contributed by atoms with van der Waals surface area (Å²) in [6.45, 7) is 0. The van der Waals surface area contributed by atoms with Crippen molar-refractivity contribution >= 4 is 31.8 Å². The monoisotopic (exact) mass is 329 g/mol. The van der Waals surface area contributed by atoms with Crippen LogP contribution in [0.25, 0.3) is 0 Å². The zero-order valence-corrected chi connectivity index (χ0v) is 12.0. The van der Waals surface area contributed by atoms with Crippen molar-refractivity contribution in [2.45, 2.75) is 30.6 Å². The number of hydrogen-bond donors (Lipinski definition) is 3. The first-order valence-electron chi connectivity index (χ1n) is 5.69. The van der Waals surface area contributed by atoms with E-state index < -0.39 is 49.5 Å². The second kappa shape index (κ2) is 6.06. The van der Waals surface area contributed by atoms with Gasteiger partial charge < -0.3 is 10.2 Å². The maximum absolute atomic E-state index is 11.9. The minimum atomic E-state index is -4.08. The summed E-state index contributed by atoms with van der Waals surface area (Å²) in [5.41, 5.74) is 0. The molecular weight excluding hydrogens is 314 g/mol. The van der Waals surface area contributed by atoms with Gasteiger partial charge in [-0.3, -0.25) is 9.59 Å². The molecule has 1 unspecified atom stereocenters. The van der Waals surface area contributed by atoms with Crippen LogP contribution in [0, 0.1) is 0 Å². The van der Waals surface area contributed by atoms with E-state index >= 15 is 0 Å². The molecule has 0 spiro atoms. The molecule has 0 aliphatic carbocycles. The van der Waals surface area contributed by atoms with E-state index in [0.29, 0.717) is 0 Å². The highest BCUT2D eigenvalue weighted by Crippen LogP contribution is 2.19. The van der Waals surface area contributed by atoms with Crippen molar-refractivity contribution in [3.63, 3.8) is 0 Å². The van der Waals surface area contributed by atoms with Gasteiger partial charge >= 0.3 is 11.9 Å². The third kappa shape index (κ3) is 4.72. The minimum Gasteiger partial charge on any atom is -0.481 e. The van der Waals surface area contributed by atoms with Crippen molar-refractivity contribution < 1.29 is 36.6 Å². The molecule has 0 aromatic heterocycles. The van der Waals surface area contributed by atoms with Gasteiger partial charge in [0.05, 0.1) is 23.2 Å². The summed E-state index contributed by atoms with van der Waals surface area (Å²) in [6.07, 6.45) is -1.15. The number of carbonyl (C=O) groups is 2. The average Bonchev–Trinajstić information content (AvgIpc) is 2.26. The zero-order valence-electron chi connectivity index (χ0n) is 10.4. The lowest BCUT2D eigenvalue weighted by Crippen LogP contribution is -2.47. The Morgan fingerprint density at radius 1 is 1.20 bits per heavy atom. The summed E-state index contributed by atoms with van der Waals surface area (Å²) >= 11 is 0. The summed E-state index contributed by atoms with van der Waals surface area (Å²) in [6, 6.07) is -1.77. The van der Waals surface area contributed by atoms with Gasteiger partial charge in [0.25, 0.3) is 0 Å². The van der Waals surface area contributed by atoms with Crippen molar-refractivity contribution in [3.8, 4) is 0 Å². The Labute approximate surface area is 116 Å². The van der Waals surface area contributed by atoms with Crippen LogP contribution in [-0.2, 0) is 29.4 Å². The molecule has 1 heterocycles. The third-order valence-electron chi connectivity index (χ3n) is 2.92. The second-order valence-electron chi connectivity index (χ2n) is 4.50. The minimum absolute atomic E-state index is 0.128. The average molecular weight is 329 g/mol. The van der Waals surface area contributed by atoms with Crippen LogP contribution >= 0.6 is 0 Å². The molecule has 0 amide bonds. The normalized spacial score (nSPS) is 21.2. The Kier molecular flexibility index (Phi) is 5.10. The molecule has 9 nitrogen and oxygen atoms in total. The van der Waals surface area contributed by atoms with Gasteiger partial charge in [0.1, 0.15) is 15.9 Å². The molecule has 20 heavy (non-hydrogen) atoms. The quantitative estimate of drug-likeness (QED) is 0.527. The Bertz CT molecular complexity index is 579. The van der Waals surface area contributed by atoms with Crippen molar-refractivity contribution in [2.24, 2.45) is 0 Å². The first kappa shape index (κ1) is 16.9. The molecule has 0 radical (unpaired) electrons. The standard InChI is InChI=1S/C9H15NO8S2/c11-8(12)5-7(9(13)14)10-20(17,18)6-1-3-19(15,16)4-2-6/h6-7,10H,1-5H2,(H,11,12)(H,13,14). The van der Waals surface area contributed by atoms with E-state index in [1.54, 1.807) is 0 Å². The van der Waals surface area contributed by atoms with E-state index in [1.165, 1.54) is 0 Å². The van der Waals surface area contributed by atoms with E-state index in [2.05, 4.69) is 0 Å². The molecule has 1 rings (SSSR count). The number of rotatable bonds is 6. The van der Waals surface area contributed by atoms with Crippen LogP contribution in [0.2, 0.25) is 0 Å². The summed E-state index contributed by atoms with van der Waals surface area (Å²) in [5.74, 6) is -3.62. The molecule has 3 N–H and O–H groups in total. The third-order valence-corrected chi connectivity index (χ3v) is 6.60. The van der Waals surface area contributed by atoms with E-state index in [-0.39, 0.29) is 24.3 Å². The lowest BCUT2D eigenvalue weighted by atomic mass is 10.2. The number of hydrogen-bond acceptors (Lipinski definition) is 6. The SMILES string of the molecule is O=C(O)CC(NS(=O)(=O)C1CCS(=O)(=O)CC1)C(=O)O. The molecule has 0 aromatic rings. The van der Waals surface area contributed by atoms with Crippen LogP contribution in [-0.4, -0.2) is 61.8 Å². The number of nitrogens with one attached hydrogen (secondary N) is 1. The zero-order chi connectivity index (χ0) is 15.6. The predicted octanol–water partition coefficient (Wildman–Crippen LogP) is -1.59. The molecule has 0 bridgehead atoms. The lowest BCUT2D eigenvalue weighted by Gasteiger charge is -2.23. The highest BCUT2D eigenvalue weighted by atomic mass is 32.2. The first-order valence-corrected chi connectivity index (χ1v) is 9.06. The van der Waals surface area contributed by atoms with Crippen LogP contribution in [0.1, 0.15) is 19.3 Å². The number of carboxylic acids is 2. The van der Waals surface area contributed by atoms with E-state index in [0.717, 1.165) is 0 Å². The van der Waals surface area contributed by atoms with Gasteiger partial charge in [0, 0.05) is 0 Å². The van der Waals surface area contributed by atoms with Crippen molar-refractivity contribution in [3.05, 3.63) is 0 Å². The number of sulfone groups is 1. The maximum atomic E-state index is 11.9. The molecule has 1 aliphatic rings. The maximum Gasteiger partial charge on any atom is 0.322 e. The van der Waals surface area contributed by atoms with Crippen molar-refractivity contribution in [2.75, 3.05) is 11.5 Å². The Morgan fingerprint density at radius 2 is 1.70 bits per heavy atom. The molecular formula is C9H15NO8S2. The molecule has 1 aliphatic heterocycles. The molecule has 11 heteroatoms. The van der Waals surface area contributed by atoms with Gasteiger partial charge in [-0.2, -0.15) is 0 Å². The van der Waals surface area contributed by atoms with Gasteiger partial charge in [0.15, 0.2) is 0 Å². The fourth-order valence-corrected chi connectivity index (χ4v) is 5.25. The molecule has 0 aromatic carbocycles. The van der Waals surface area contributed by atoms with E-state index in [1.807, 2.05) is 4.72 Å². The van der Waals surface area contributed by atoms with Gasteiger partial charge in [-0.25, -0.2) is 21.6 Å².